The molecule has 0 unspecified atom stereocenters. The van der Waals surface area contributed by atoms with Crippen molar-refractivity contribution in [1.29, 1.82) is 0 Å². The lowest BCUT2D eigenvalue weighted by molar-refractivity contribution is -0.117. The average molecular weight is 497 g/mol. The standard InChI is InChI=1S/C29H25FN4O3/c1-34(2)23-13-10-19(11-14-23)16-26(32-28(36)21-7-5-8-22(30)17-21)29(37)33-31-18-25-24-9-4-3-6-20(24)12-15-27(25)35/h3-18,35H,1-2H3,(H,32,36)(H,33,37). The number of nitrogens with zero attached hydrogens (tertiary/aromatic N) is 2. The molecule has 0 aromatic heterocycles. The monoisotopic (exact) mass is 496 g/mol. The van der Waals surface area contributed by atoms with Gasteiger partial charge in [0.15, 0.2) is 0 Å². The van der Waals surface area contributed by atoms with Gasteiger partial charge in [-0.25, -0.2) is 9.82 Å². The highest BCUT2D eigenvalue weighted by Crippen LogP contribution is 2.25. The number of halogens is 1. The number of carbonyl (C=O) groups excluding carboxylic acids is 2. The van der Waals surface area contributed by atoms with E-state index in [-0.39, 0.29) is 17.0 Å². The maximum absolute atomic E-state index is 13.6. The molecule has 0 aliphatic heterocycles. The van der Waals surface area contributed by atoms with Crippen molar-refractivity contribution in [3.63, 3.8) is 0 Å². The Kier molecular flexibility index (Phi) is 7.59. The summed E-state index contributed by atoms with van der Waals surface area (Å²) in [5.41, 5.74) is 4.42. The number of aromatic hydroxyl groups is 1. The molecule has 0 spiro atoms. The first-order valence-corrected chi connectivity index (χ1v) is 11.4. The normalized spacial score (nSPS) is 11.5. The maximum Gasteiger partial charge on any atom is 0.287 e. The van der Waals surface area contributed by atoms with Crippen molar-refractivity contribution in [2.75, 3.05) is 19.0 Å². The van der Waals surface area contributed by atoms with E-state index < -0.39 is 17.6 Å². The molecule has 0 bridgehead atoms. The number of amides is 2. The van der Waals surface area contributed by atoms with Crippen LogP contribution in [0.3, 0.4) is 0 Å². The van der Waals surface area contributed by atoms with Crippen molar-refractivity contribution in [1.82, 2.24) is 10.7 Å². The number of fused-ring (bicyclic) bond motifs is 1. The molecule has 0 aliphatic carbocycles. The third-order valence-corrected chi connectivity index (χ3v) is 5.61. The predicted molar refractivity (Wildman–Crippen MR) is 144 cm³/mol. The van der Waals surface area contributed by atoms with E-state index in [0.717, 1.165) is 22.5 Å². The van der Waals surface area contributed by atoms with E-state index in [1.165, 1.54) is 30.5 Å². The largest absolute Gasteiger partial charge is 0.507 e. The van der Waals surface area contributed by atoms with Gasteiger partial charge >= 0.3 is 0 Å². The van der Waals surface area contributed by atoms with E-state index in [2.05, 4.69) is 15.8 Å². The number of hydrogen-bond acceptors (Lipinski definition) is 5. The zero-order valence-corrected chi connectivity index (χ0v) is 20.3. The number of hydrazone groups is 1. The van der Waals surface area contributed by atoms with Gasteiger partial charge in [-0.3, -0.25) is 9.59 Å². The van der Waals surface area contributed by atoms with E-state index in [0.29, 0.717) is 11.1 Å². The van der Waals surface area contributed by atoms with Crippen LogP contribution in [0.4, 0.5) is 10.1 Å². The van der Waals surface area contributed by atoms with E-state index >= 15 is 0 Å². The Morgan fingerprint density at radius 3 is 2.43 bits per heavy atom. The highest BCUT2D eigenvalue weighted by atomic mass is 19.1. The first-order chi connectivity index (χ1) is 17.8. The molecule has 8 heteroatoms. The zero-order chi connectivity index (χ0) is 26.4. The SMILES string of the molecule is CN(C)c1ccc(C=C(NC(=O)c2cccc(F)c2)C(=O)NN=Cc2c(O)ccc3ccccc23)cc1. The van der Waals surface area contributed by atoms with Crippen molar-refractivity contribution in [2.24, 2.45) is 5.10 Å². The summed E-state index contributed by atoms with van der Waals surface area (Å²) >= 11 is 0. The Bertz CT molecular complexity index is 1510. The van der Waals surface area contributed by atoms with Crippen LogP contribution in [-0.4, -0.2) is 37.2 Å². The molecule has 4 aromatic rings. The molecule has 2 amide bonds. The minimum atomic E-state index is -0.697. The molecular weight excluding hydrogens is 471 g/mol. The molecule has 0 radical (unpaired) electrons. The molecule has 7 nitrogen and oxygen atoms in total. The van der Waals surface area contributed by atoms with Gasteiger partial charge in [0, 0.05) is 30.9 Å². The van der Waals surface area contributed by atoms with Gasteiger partial charge in [-0.1, -0.05) is 48.5 Å². The summed E-state index contributed by atoms with van der Waals surface area (Å²) in [6, 6.07) is 23.3. The van der Waals surface area contributed by atoms with Gasteiger partial charge < -0.3 is 15.3 Å². The third-order valence-electron chi connectivity index (χ3n) is 5.61. The predicted octanol–water partition coefficient (Wildman–Crippen LogP) is 4.67. The highest BCUT2D eigenvalue weighted by molar-refractivity contribution is 6.06. The van der Waals surface area contributed by atoms with Gasteiger partial charge in [0.2, 0.25) is 0 Å². The molecule has 4 rings (SSSR count). The molecule has 0 saturated heterocycles. The van der Waals surface area contributed by atoms with Crippen LogP contribution < -0.4 is 15.6 Å². The van der Waals surface area contributed by atoms with Gasteiger partial charge in [-0.15, -0.1) is 0 Å². The third kappa shape index (κ3) is 6.18. The minimum absolute atomic E-state index is 0.00727. The second kappa shape index (κ2) is 11.2. The van der Waals surface area contributed by atoms with Gasteiger partial charge in [0.05, 0.1) is 6.21 Å². The molecule has 0 atom stereocenters. The van der Waals surface area contributed by atoms with E-state index in [1.54, 1.807) is 24.3 Å². The number of benzene rings is 4. The fourth-order valence-electron chi connectivity index (χ4n) is 3.65. The summed E-state index contributed by atoms with van der Waals surface area (Å²) in [6.07, 6.45) is 2.84. The number of nitrogens with one attached hydrogen (secondary N) is 2. The van der Waals surface area contributed by atoms with E-state index in [9.17, 15) is 19.1 Å². The number of phenols is 1. The van der Waals surface area contributed by atoms with Crippen molar-refractivity contribution in [2.45, 2.75) is 0 Å². The number of hydrogen-bond donors (Lipinski definition) is 3. The van der Waals surface area contributed by atoms with Gasteiger partial charge in [-0.2, -0.15) is 5.10 Å². The fraction of sp³-hybridized carbons (Fsp3) is 0.0690. The van der Waals surface area contributed by atoms with Crippen LogP contribution in [0.2, 0.25) is 0 Å². The van der Waals surface area contributed by atoms with Crippen molar-refractivity contribution < 1.29 is 19.1 Å². The van der Waals surface area contributed by atoms with Crippen LogP contribution in [0.5, 0.6) is 5.75 Å². The quantitative estimate of drug-likeness (QED) is 0.197. The topological polar surface area (TPSA) is 94.0 Å². The average Bonchev–Trinajstić information content (AvgIpc) is 2.89. The summed E-state index contributed by atoms with van der Waals surface area (Å²) in [5, 5.41) is 18.5. The Morgan fingerprint density at radius 1 is 0.946 bits per heavy atom. The first kappa shape index (κ1) is 25.1. The summed E-state index contributed by atoms with van der Waals surface area (Å²) in [5.74, 6) is -1.91. The Morgan fingerprint density at radius 2 is 1.70 bits per heavy atom. The molecular formula is C29H25FN4O3. The van der Waals surface area contributed by atoms with Crippen LogP contribution in [-0.2, 0) is 4.79 Å². The molecule has 0 heterocycles. The lowest BCUT2D eigenvalue weighted by Gasteiger charge is -2.13. The Labute approximate surface area is 213 Å². The Hall–Kier alpha value is -4.98. The van der Waals surface area contributed by atoms with Crippen molar-refractivity contribution in [3.05, 3.63) is 113 Å². The zero-order valence-electron chi connectivity index (χ0n) is 20.3. The number of carbonyl (C=O) groups is 2. The van der Waals surface area contributed by atoms with Gasteiger partial charge in [0.25, 0.3) is 11.8 Å². The van der Waals surface area contributed by atoms with Crippen LogP contribution in [0.15, 0.2) is 95.7 Å². The van der Waals surface area contributed by atoms with Crippen molar-refractivity contribution >= 4 is 40.6 Å². The van der Waals surface area contributed by atoms with E-state index in [1.807, 2.05) is 55.4 Å². The Balaban J connectivity index is 1.60. The minimum Gasteiger partial charge on any atom is -0.507 e. The van der Waals surface area contributed by atoms with Crippen LogP contribution in [0, 0.1) is 5.82 Å². The second-order valence-electron chi connectivity index (χ2n) is 8.43. The maximum atomic E-state index is 13.6. The molecule has 3 N–H and O–H groups in total. The lowest BCUT2D eigenvalue weighted by atomic mass is 10.0. The lowest BCUT2D eigenvalue weighted by Crippen LogP contribution is -2.32. The summed E-state index contributed by atoms with van der Waals surface area (Å²) in [7, 11) is 3.82. The molecule has 37 heavy (non-hydrogen) atoms. The molecule has 4 aromatic carbocycles. The summed E-state index contributed by atoms with van der Waals surface area (Å²) < 4.78 is 13.6. The molecule has 0 fully saturated rings. The van der Waals surface area contributed by atoms with Crippen molar-refractivity contribution in [3.8, 4) is 5.75 Å². The number of phenolic OH excluding ortho intramolecular Hbond substituents is 1. The second-order valence-corrected chi connectivity index (χ2v) is 8.43. The van der Waals surface area contributed by atoms with E-state index in [4.69, 9.17) is 0 Å². The summed E-state index contributed by atoms with van der Waals surface area (Å²) in [6.45, 7) is 0. The van der Waals surface area contributed by atoms with Gasteiger partial charge in [-0.05, 0) is 58.8 Å². The highest BCUT2D eigenvalue weighted by Gasteiger charge is 2.15. The fourth-order valence-corrected chi connectivity index (χ4v) is 3.65. The van der Waals surface area contributed by atoms with Crippen LogP contribution >= 0.6 is 0 Å². The number of rotatable bonds is 7. The molecule has 0 saturated carbocycles. The number of anilines is 1. The van der Waals surface area contributed by atoms with Crippen LogP contribution in [0.25, 0.3) is 16.8 Å². The molecule has 0 aliphatic rings. The first-order valence-electron chi connectivity index (χ1n) is 11.4. The van der Waals surface area contributed by atoms with Gasteiger partial charge in [0.1, 0.15) is 17.3 Å². The van der Waals surface area contributed by atoms with Crippen LogP contribution in [0.1, 0.15) is 21.5 Å². The summed E-state index contributed by atoms with van der Waals surface area (Å²) in [4.78, 5) is 27.7. The smallest absolute Gasteiger partial charge is 0.287 e. The molecule has 186 valence electrons.